The van der Waals surface area contributed by atoms with Crippen LogP contribution in [0.25, 0.3) is 0 Å². The molecule has 16 heavy (non-hydrogen) atoms. The van der Waals surface area contributed by atoms with E-state index in [-0.39, 0.29) is 0 Å². The first kappa shape index (κ1) is 11.7. The minimum Gasteiger partial charge on any atom is -0.330 e. The second kappa shape index (κ2) is 6.05. The Morgan fingerprint density at radius 1 is 1.12 bits per heavy atom. The molecule has 1 aliphatic rings. The predicted molar refractivity (Wildman–Crippen MR) is 69.4 cm³/mol. The molecule has 0 amide bonds. The molecule has 1 heteroatoms. The van der Waals surface area contributed by atoms with E-state index in [0.717, 1.165) is 12.5 Å². The zero-order valence-electron chi connectivity index (χ0n) is 10.1. The Morgan fingerprint density at radius 2 is 1.81 bits per heavy atom. The molecular weight excluding hydrogens is 194 g/mol. The van der Waals surface area contributed by atoms with Crippen molar-refractivity contribution >= 4 is 0 Å². The second-order valence-electron chi connectivity index (χ2n) is 5.07. The molecule has 0 aliphatic heterocycles. The molecule has 1 nitrogen and oxygen atoms in total. The molecule has 2 rings (SSSR count). The van der Waals surface area contributed by atoms with Crippen molar-refractivity contribution in [3.05, 3.63) is 35.9 Å². The van der Waals surface area contributed by atoms with E-state index in [0.29, 0.717) is 5.92 Å². The maximum absolute atomic E-state index is 5.89. The number of hydrogen-bond donors (Lipinski definition) is 1. The summed E-state index contributed by atoms with van der Waals surface area (Å²) in [7, 11) is 0. The second-order valence-corrected chi connectivity index (χ2v) is 5.07. The molecule has 1 aromatic carbocycles. The van der Waals surface area contributed by atoms with Gasteiger partial charge in [-0.1, -0.05) is 56.0 Å². The molecule has 1 aromatic rings. The molecule has 1 atom stereocenters. The van der Waals surface area contributed by atoms with Gasteiger partial charge in [-0.15, -0.1) is 0 Å². The highest BCUT2D eigenvalue weighted by molar-refractivity contribution is 5.19. The third-order valence-corrected chi connectivity index (χ3v) is 3.95. The van der Waals surface area contributed by atoms with Gasteiger partial charge in [0.2, 0.25) is 0 Å². The highest BCUT2D eigenvalue weighted by Gasteiger charge is 2.17. The molecule has 0 bridgehead atoms. The van der Waals surface area contributed by atoms with Crippen LogP contribution in [0.3, 0.4) is 0 Å². The van der Waals surface area contributed by atoms with Crippen LogP contribution in [0.5, 0.6) is 0 Å². The lowest BCUT2D eigenvalue weighted by atomic mass is 9.90. The Labute approximate surface area is 99.0 Å². The first-order valence-electron chi connectivity index (χ1n) is 6.65. The van der Waals surface area contributed by atoms with Crippen molar-refractivity contribution in [2.75, 3.05) is 6.54 Å². The van der Waals surface area contributed by atoms with Crippen LogP contribution in [0, 0.1) is 5.92 Å². The summed E-state index contributed by atoms with van der Waals surface area (Å²) in [5.74, 6) is 1.56. The third kappa shape index (κ3) is 3.08. The van der Waals surface area contributed by atoms with Crippen molar-refractivity contribution in [2.24, 2.45) is 11.7 Å². The Kier molecular flexibility index (Phi) is 4.41. The van der Waals surface area contributed by atoms with Crippen LogP contribution in [0.1, 0.15) is 50.0 Å². The van der Waals surface area contributed by atoms with Gasteiger partial charge in [0.05, 0.1) is 0 Å². The van der Waals surface area contributed by atoms with E-state index in [1.54, 1.807) is 0 Å². The van der Waals surface area contributed by atoms with Crippen LogP contribution in [0.15, 0.2) is 30.3 Å². The number of rotatable bonds is 5. The van der Waals surface area contributed by atoms with Crippen molar-refractivity contribution < 1.29 is 0 Å². The van der Waals surface area contributed by atoms with Crippen LogP contribution in [-0.4, -0.2) is 6.54 Å². The molecule has 88 valence electrons. The zero-order chi connectivity index (χ0) is 11.2. The van der Waals surface area contributed by atoms with Gasteiger partial charge in [-0.3, -0.25) is 0 Å². The average Bonchev–Trinajstić information content (AvgIpc) is 2.84. The smallest absolute Gasteiger partial charge is 0.000824 e. The molecule has 1 fully saturated rings. The molecular formula is C15H23N. The normalized spacial score (nSPS) is 18.8. The van der Waals surface area contributed by atoms with Crippen LogP contribution >= 0.6 is 0 Å². The number of nitrogens with two attached hydrogens (primary N) is 1. The fraction of sp³-hybridized carbons (Fsp3) is 0.600. The Hall–Kier alpha value is -0.820. The van der Waals surface area contributed by atoms with E-state index < -0.39 is 0 Å². The highest BCUT2D eigenvalue weighted by Crippen LogP contribution is 2.31. The summed E-state index contributed by atoms with van der Waals surface area (Å²) in [4.78, 5) is 0. The van der Waals surface area contributed by atoms with E-state index in [9.17, 15) is 0 Å². The monoisotopic (exact) mass is 217 g/mol. The van der Waals surface area contributed by atoms with Gasteiger partial charge < -0.3 is 5.73 Å². The minimum absolute atomic E-state index is 0.571. The fourth-order valence-electron chi connectivity index (χ4n) is 2.88. The van der Waals surface area contributed by atoms with Gasteiger partial charge in [0.1, 0.15) is 0 Å². The average molecular weight is 217 g/mol. The van der Waals surface area contributed by atoms with Crippen LogP contribution in [-0.2, 0) is 0 Å². The predicted octanol–water partition coefficient (Wildman–Crippen LogP) is 3.70. The summed E-state index contributed by atoms with van der Waals surface area (Å²) in [6.07, 6.45) is 8.44. The van der Waals surface area contributed by atoms with Gasteiger partial charge >= 0.3 is 0 Å². The van der Waals surface area contributed by atoms with Gasteiger partial charge in [0, 0.05) is 0 Å². The maximum Gasteiger partial charge on any atom is -0.000824 e. The largest absolute Gasteiger partial charge is 0.330 e. The van der Waals surface area contributed by atoms with Crippen LogP contribution in [0.2, 0.25) is 0 Å². The molecule has 0 radical (unpaired) electrons. The first-order valence-corrected chi connectivity index (χ1v) is 6.65. The van der Waals surface area contributed by atoms with Gasteiger partial charge in [0.15, 0.2) is 0 Å². The van der Waals surface area contributed by atoms with Gasteiger partial charge in [0.25, 0.3) is 0 Å². The number of hydrogen-bond acceptors (Lipinski definition) is 1. The first-order chi connectivity index (χ1) is 7.90. The van der Waals surface area contributed by atoms with Gasteiger partial charge in [-0.25, -0.2) is 0 Å². The summed E-state index contributed by atoms with van der Waals surface area (Å²) < 4.78 is 0. The van der Waals surface area contributed by atoms with Gasteiger partial charge in [-0.2, -0.15) is 0 Å². The number of benzene rings is 1. The Morgan fingerprint density at radius 3 is 2.44 bits per heavy atom. The van der Waals surface area contributed by atoms with E-state index in [2.05, 4.69) is 30.3 Å². The van der Waals surface area contributed by atoms with Crippen molar-refractivity contribution in [3.8, 4) is 0 Å². The standard InChI is InChI=1S/C15H23N/c16-12-15(14-8-2-1-3-9-14)11-10-13-6-4-5-7-13/h1-3,8-9,13,15H,4-7,10-12,16H2. The van der Waals surface area contributed by atoms with Crippen LogP contribution in [0.4, 0.5) is 0 Å². The lowest BCUT2D eigenvalue weighted by Gasteiger charge is -2.17. The SMILES string of the molecule is NCC(CCC1CCCC1)c1ccccc1. The molecule has 0 saturated heterocycles. The lowest BCUT2D eigenvalue weighted by Crippen LogP contribution is -2.13. The van der Waals surface area contributed by atoms with Crippen LogP contribution < -0.4 is 5.73 Å². The molecule has 0 aromatic heterocycles. The van der Waals surface area contributed by atoms with E-state index in [1.165, 1.54) is 44.1 Å². The summed E-state index contributed by atoms with van der Waals surface area (Å²) in [6, 6.07) is 10.7. The van der Waals surface area contributed by atoms with Crippen molar-refractivity contribution in [1.82, 2.24) is 0 Å². The van der Waals surface area contributed by atoms with Crippen molar-refractivity contribution in [1.29, 1.82) is 0 Å². The maximum atomic E-state index is 5.89. The van der Waals surface area contributed by atoms with Gasteiger partial charge in [-0.05, 0) is 36.8 Å². The molecule has 0 heterocycles. The fourth-order valence-corrected chi connectivity index (χ4v) is 2.88. The molecule has 1 unspecified atom stereocenters. The lowest BCUT2D eigenvalue weighted by molar-refractivity contribution is 0.452. The Balaban J connectivity index is 1.85. The van der Waals surface area contributed by atoms with E-state index in [4.69, 9.17) is 5.73 Å². The summed E-state index contributed by atoms with van der Waals surface area (Å²) >= 11 is 0. The topological polar surface area (TPSA) is 26.0 Å². The third-order valence-electron chi connectivity index (χ3n) is 3.95. The molecule has 1 saturated carbocycles. The summed E-state index contributed by atoms with van der Waals surface area (Å²) in [5.41, 5.74) is 7.31. The molecule has 2 N–H and O–H groups in total. The molecule has 0 spiro atoms. The van der Waals surface area contributed by atoms with E-state index >= 15 is 0 Å². The van der Waals surface area contributed by atoms with Crippen molar-refractivity contribution in [2.45, 2.75) is 44.4 Å². The van der Waals surface area contributed by atoms with Crippen molar-refractivity contribution in [3.63, 3.8) is 0 Å². The van der Waals surface area contributed by atoms with E-state index in [1.807, 2.05) is 0 Å². The highest BCUT2D eigenvalue weighted by atomic mass is 14.5. The molecule has 1 aliphatic carbocycles. The summed E-state index contributed by atoms with van der Waals surface area (Å²) in [5, 5.41) is 0. The zero-order valence-corrected chi connectivity index (χ0v) is 10.1. The minimum atomic E-state index is 0.571. The Bertz CT molecular complexity index is 288. The quantitative estimate of drug-likeness (QED) is 0.799. The summed E-state index contributed by atoms with van der Waals surface area (Å²) in [6.45, 7) is 0.788.